The minimum Gasteiger partial charge on any atom is -0.356 e. The van der Waals surface area contributed by atoms with Gasteiger partial charge in [-0.2, -0.15) is 0 Å². The molecule has 0 fully saturated rings. The van der Waals surface area contributed by atoms with Crippen molar-refractivity contribution < 1.29 is 9.72 Å². The molecule has 1 rings (SSSR count). The minimum absolute atomic E-state index is 0.0582. The Morgan fingerprint density at radius 3 is 2.53 bits per heavy atom. The van der Waals surface area contributed by atoms with E-state index in [9.17, 15) is 14.9 Å². The topological polar surface area (TPSA) is 72.2 Å². The Balaban J connectivity index is 2.25. The summed E-state index contributed by atoms with van der Waals surface area (Å²) in [7, 11) is 0. The van der Waals surface area contributed by atoms with Crippen LogP contribution in [0.5, 0.6) is 0 Å². The third-order valence-corrected chi connectivity index (χ3v) is 3.23. The monoisotopic (exact) mass is 328 g/mol. The molecule has 0 heterocycles. The molecule has 0 aliphatic rings. The van der Waals surface area contributed by atoms with Gasteiger partial charge in [0.05, 0.1) is 4.92 Å². The van der Waals surface area contributed by atoms with Gasteiger partial charge in [-0.1, -0.05) is 28.1 Å². The van der Waals surface area contributed by atoms with E-state index in [-0.39, 0.29) is 11.6 Å². The average molecular weight is 329 g/mol. The predicted molar refractivity (Wildman–Crippen MR) is 77.5 cm³/mol. The van der Waals surface area contributed by atoms with E-state index in [1.807, 2.05) is 0 Å². The highest BCUT2D eigenvalue weighted by molar-refractivity contribution is 9.09. The number of unbranched alkanes of at least 4 members (excludes halogenated alkanes) is 1. The predicted octanol–water partition coefficient (Wildman–Crippen LogP) is 2.82. The number of carbonyl (C=O) groups excluding carboxylic acids is 1. The molecule has 0 spiro atoms. The van der Waals surface area contributed by atoms with Gasteiger partial charge in [-0.05, 0) is 24.8 Å². The lowest BCUT2D eigenvalue weighted by Gasteiger charge is -2.05. The molecule has 0 unspecified atom stereocenters. The summed E-state index contributed by atoms with van der Waals surface area (Å²) in [6.07, 6.45) is 3.11. The lowest BCUT2D eigenvalue weighted by atomic mass is 10.1. The number of nitrogens with zero attached hydrogens (tertiary/aromatic N) is 1. The van der Waals surface area contributed by atoms with Crippen LogP contribution in [0, 0.1) is 10.1 Å². The summed E-state index contributed by atoms with van der Waals surface area (Å²) in [5.74, 6) is 0.0582. The van der Waals surface area contributed by atoms with Gasteiger partial charge in [0.15, 0.2) is 0 Å². The summed E-state index contributed by atoms with van der Waals surface area (Å²) in [6, 6.07) is 6.39. The molecule has 1 N–H and O–H groups in total. The van der Waals surface area contributed by atoms with Gasteiger partial charge in [0, 0.05) is 30.4 Å². The van der Waals surface area contributed by atoms with Gasteiger partial charge in [0.2, 0.25) is 5.91 Å². The third-order valence-electron chi connectivity index (χ3n) is 2.67. The van der Waals surface area contributed by atoms with E-state index in [1.54, 1.807) is 12.1 Å². The largest absolute Gasteiger partial charge is 0.356 e. The van der Waals surface area contributed by atoms with Gasteiger partial charge in [-0.15, -0.1) is 0 Å². The van der Waals surface area contributed by atoms with Crippen molar-refractivity contribution in [3.05, 3.63) is 39.9 Å². The number of hydrogen-bond acceptors (Lipinski definition) is 3. The molecule has 0 aliphatic heterocycles. The van der Waals surface area contributed by atoms with Gasteiger partial charge in [0.1, 0.15) is 0 Å². The molecule has 0 atom stereocenters. The van der Waals surface area contributed by atoms with Gasteiger partial charge in [-0.3, -0.25) is 14.9 Å². The number of benzene rings is 1. The first kappa shape index (κ1) is 15.6. The zero-order chi connectivity index (χ0) is 14.1. The van der Waals surface area contributed by atoms with E-state index >= 15 is 0 Å². The van der Waals surface area contributed by atoms with Gasteiger partial charge in [-0.25, -0.2) is 0 Å². The number of carbonyl (C=O) groups is 1. The standard InChI is InChI=1S/C13H17BrN2O3/c14-9-2-1-3-13(17)15-10-8-11-4-6-12(7-5-11)16(18)19/h4-7H,1-3,8-10H2,(H,15,17). The van der Waals surface area contributed by atoms with E-state index in [1.165, 1.54) is 12.1 Å². The van der Waals surface area contributed by atoms with Crippen LogP contribution in [0.15, 0.2) is 24.3 Å². The number of alkyl halides is 1. The SMILES string of the molecule is O=C(CCCCBr)NCCc1ccc([N+](=O)[O-])cc1. The summed E-state index contributed by atoms with van der Waals surface area (Å²) in [5.41, 5.74) is 1.06. The number of hydrogen-bond donors (Lipinski definition) is 1. The van der Waals surface area contributed by atoms with Crippen LogP contribution in [0.1, 0.15) is 24.8 Å². The van der Waals surface area contributed by atoms with Crippen molar-refractivity contribution in [3.8, 4) is 0 Å². The molecule has 6 heteroatoms. The van der Waals surface area contributed by atoms with Gasteiger partial charge >= 0.3 is 0 Å². The van der Waals surface area contributed by atoms with Crippen molar-refractivity contribution in [1.82, 2.24) is 5.32 Å². The fourth-order valence-corrected chi connectivity index (χ4v) is 2.00. The van der Waals surface area contributed by atoms with Crippen molar-refractivity contribution >= 4 is 27.5 Å². The molecule has 1 aromatic carbocycles. The van der Waals surface area contributed by atoms with Crippen LogP contribution in [0.2, 0.25) is 0 Å². The van der Waals surface area contributed by atoms with E-state index < -0.39 is 4.92 Å². The molecular formula is C13H17BrN2O3. The van der Waals surface area contributed by atoms with Crippen LogP contribution in [0.4, 0.5) is 5.69 Å². The smallest absolute Gasteiger partial charge is 0.269 e. The molecule has 0 saturated carbocycles. The number of non-ortho nitro benzene ring substituents is 1. The Kier molecular flexibility index (Phi) is 7.10. The number of nitro groups is 1. The number of halogens is 1. The summed E-state index contributed by atoms with van der Waals surface area (Å²) < 4.78 is 0. The summed E-state index contributed by atoms with van der Waals surface area (Å²) in [6.45, 7) is 0.560. The Labute approximate surface area is 120 Å². The first-order valence-electron chi connectivity index (χ1n) is 6.19. The number of nitrogens with one attached hydrogen (secondary N) is 1. The maximum absolute atomic E-state index is 11.4. The highest BCUT2D eigenvalue weighted by Crippen LogP contribution is 2.11. The van der Waals surface area contributed by atoms with Gasteiger partial charge in [0.25, 0.3) is 5.69 Å². The maximum atomic E-state index is 11.4. The fourth-order valence-electron chi connectivity index (χ4n) is 1.60. The first-order valence-corrected chi connectivity index (χ1v) is 7.31. The molecule has 104 valence electrons. The lowest BCUT2D eigenvalue weighted by Crippen LogP contribution is -2.25. The zero-order valence-corrected chi connectivity index (χ0v) is 12.2. The molecule has 1 aromatic rings. The number of rotatable bonds is 8. The van der Waals surface area contributed by atoms with Crippen LogP contribution in [-0.2, 0) is 11.2 Å². The van der Waals surface area contributed by atoms with E-state index in [4.69, 9.17) is 0 Å². The molecule has 1 amide bonds. The summed E-state index contributed by atoms with van der Waals surface area (Å²) in [4.78, 5) is 21.5. The minimum atomic E-state index is -0.421. The second-order valence-electron chi connectivity index (χ2n) is 4.17. The molecule has 0 saturated heterocycles. The Morgan fingerprint density at radius 1 is 1.26 bits per heavy atom. The molecular weight excluding hydrogens is 312 g/mol. The normalized spacial score (nSPS) is 10.2. The average Bonchev–Trinajstić information content (AvgIpc) is 2.39. The van der Waals surface area contributed by atoms with Crippen molar-refractivity contribution in [3.63, 3.8) is 0 Å². The van der Waals surface area contributed by atoms with Crippen LogP contribution in [-0.4, -0.2) is 22.7 Å². The highest BCUT2D eigenvalue weighted by Gasteiger charge is 2.04. The number of amides is 1. The Morgan fingerprint density at radius 2 is 1.95 bits per heavy atom. The zero-order valence-electron chi connectivity index (χ0n) is 10.6. The van der Waals surface area contributed by atoms with Crippen LogP contribution in [0.3, 0.4) is 0 Å². The quantitative estimate of drug-likeness (QED) is 0.345. The summed E-state index contributed by atoms with van der Waals surface area (Å²) >= 11 is 3.32. The van der Waals surface area contributed by atoms with E-state index in [0.717, 1.165) is 23.7 Å². The molecule has 0 radical (unpaired) electrons. The number of nitro benzene ring substituents is 1. The highest BCUT2D eigenvalue weighted by atomic mass is 79.9. The van der Waals surface area contributed by atoms with Crippen molar-refractivity contribution in [1.29, 1.82) is 0 Å². The van der Waals surface area contributed by atoms with E-state index in [0.29, 0.717) is 19.4 Å². The van der Waals surface area contributed by atoms with E-state index in [2.05, 4.69) is 21.2 Å². The van der Waals surface area contributed by atoms with Crippen LogP contribution < -0.4 is 5.32 Å². The van der Waals surface area contributed by atoms with Crippen molar-refractivity contribution in [2.45, 2.75) is 25.7 Å². The molecule has 0 bridgehead atoms. The second-order valence-corrected chi connectivity index (χ2v) is 4.96. The third kappa shape index (κ3) is 6.33. The first-order chi connectivity index (χ1) is 9.13. The molecule has 19 heavy (non-hydrogen) atoms. The Bertz CT molecular complexity index is 420. The van der Waals surface area contributed by atoms with Gasteiger partial charge < -0.3 is 5.32 Å². The summed E-state index contributed by atoms with van der Waals surface area (Å²) in [5, 5.41) is 14.2. The van der Waals surface area contributed by atoms with Crippen LogP contribution in [0.25, 0.3) is 0 Å². The van der Waals surface area contributed by atoms with Crippen LogP contribution >= 0.6 is 15.9 Å². The molecule has 0 aliphatic carbocycles. The second kappa shape index (κ2) is 8.63. The van der Waals surface area contributed by atoms with Crippen molar-refractivity contribution in [2.24, 2.45) is 0 Å². The maximum Gasteiger partial charge on any atom is 0.269 e. The molecule has 0 aromatic heterocycles. The Hall–Kier alpha value is -1.43. The fraction of sp³-hybridized carbons (Fsp3) is 0.462. The lowest BCUT2D eigenvalue weighted by molar-refractivity contribution is -0.384. The molecule has 5 nitrogen and oxygen atoms in total. The van der Waals surface area contributed by atoms with Crippen molar-refractivity contribution in [2.75, 3.05) is 11.9 Å².